The highest BCUT2D eigenvalue weighted by atomic mass is 32.1. The molecular formula is C24H26F6N6O2S. The van der Waals surface area contributed by atoms with Gasteiger partial charge in [-0.05, 0) is 62.2 Å². The largest absolute Gasteiger partial charge is 0.470 e. The standard InChI is InChI=1S/C24H26F6N6O2S/c1-3-15(4-7-31-2)14-38-21-20(34-39-35-21)36-8-5-16(6-9-36)13-32-22(37)33-19-11-17(23(25,26)27)10-18(12-19)24(28,29)30/h3-4,7,10-12,16H,2,5-6,8-9,13-14H2,1H3,(H2,32,33,37)/b7-4-,15-3+. The molecule has 15 heteroatoms. The lowest BCUT2D eigenvalue weighted by atomic mass is 9.97. The lowest BCUT2D eigenvalue weighted by Gasteiger charge is -2.32. The van der Waals surface area contributed by atoms with Crippen LogP contribution in [0.1, 0.15) is 30.9 Å². The van der Waals surface area contributed by atoms with Crippen LogP contribution in [-0.4, -0.2) is 47.7 Å². The lowest BCUT2D eigenvalue weighted by molar-refractivity contribution is -0.143. The maximum atomic E-state index is 13.0. The fourth-order valence-corrected chi connectivity index (χ4v) is 4.30. The van der Waals surface area contributed by atoms with Crippen molar-refractivity contribution in [1.29, 1.82) is 0 Å². The minimum atomic E-state index is -5.01. The summed E-state index contributed by atoms with van der Waals surface area (Å²) in [5.74, 6) is 1.05. The minimum absolute atomic E-state index is 0.00203. The monoisotopic (exact) mass is 576 g/mol. The number of allylic oxidation sites excluding steroid dienone is 1. The van der Waals surface area contributed by atoms with Gasteiger partial charge in [0.15, 0.2) is 0 Å². The number of piperidine rings is 1. The van der Waals surface area contributed by atoms with Crippen LogP contribution in [0.4, 0.5) is 42.6 Å². The van der Waals surface area contributed by atoms with Crippen LogP contribution in [0.5, 0.6) is 5.88 Å². The molecule has 39 heavy (non-hydrogen) atoms. The van der Waals surface area contributed by atoms with Gasteiger partial charge in [-0.1, -0.05) is 6.08 Å². The average molecular weight is 577 g/mol. The Bertz CT molecular complexity index is 1170. The molecular weight excluding hydrogens is 550 g/mol. The van der Waals surface area contributed by atoms with Crippen molar-refractivity contribution in [2.45, 2.75) is 32.1 Å². The molecule has 1 aromatic heterocycles. The number of hydrogen-bond donors (Lipinski definition) is 2. The Balaban J connectivity index is 1.51. The van der Waals surface area contributed by atoms with Crippen LogP contribution < -0.4 is 20.3 Å². The molecule has 1 aliphatic rings. The molecule has 0 saturated carbocycles. The number of anilines is 2. The molecule has 3 rings (SSSR count). The molecule has 212 valence electrons. The Kier molecular flexibility index (Phi) is 9.94. The van der Waals surface area contributed by atoms with Crippen molar-refractivity contribution in [3.8, 4) is 5.88 Å². The molecule has 1 aliphatic heterocycles. The first-order valence-corrected chi connectivity index (χ1v) is 12.5. The molecule has 0 unspecified atom stereocenters. The van der Waals surface area contributed by atoms with E-state index in [1.54, 1.807) is 12.3 Å². The summed E-state index contributed by atoms with van der Waals surface area (Å²) in [4.78, 5) is 17.9. The highest BCUT2D eigenvalue weighted by Gasteiger charge is 2.37. The number of nitrogens with one attached hydrogen (secondary N) is 2. The summed E-state index contributed by atoms with van der Waals surface area (Å²) in [6, 6.07) is 0.0218. The fourth-order valence-electron chi connectivity index (χ4n) is 3.78. The number of aliphatic imine (C=N–C) groups is 1. The van der Waals surface area contributed by atoms with Gasteiger partial charge >= 0.3 is 18.4 Å². The van der Waals surface area contributed by atoms with Crippen molar-refractivity contribution in [3.05, 3.63) is 53.3 Å². The normalized spacial score (nSPS) is 15.5. The molecule has 2 amide bonds. The predicted molar refractivity (Wildman–Crippen MR) is 136 cm³/mol. The summed E-state index contributed by atoms with van der Waals surface area (Å²) in [5.41, 5.74) is -2.74. The number of halogens is 6. The Hall–Kier alpha value is -3.62. The zero-order valence-corrected chi connectivity index (χ0v) is 21.6. The van der Waals surface area contributed by atoms with E-state index < -0.39 is 35.2 Å². The highest BCUT2D eigenvalue weighted by molar-refractivity contribution is 6.99. The summed E-state index contributed by atoms with van der Waals surface area (Å²) in [5, 5.41) is 4.60. The zero-order chi connectivity index (χ0) is 28.6. The number of hydrogen-bond acceptors (Lipinski definition) is 7. The van der Waals surface area contributed by atoms with Crippen LogP contribution in [0.3, 0.4) is 0 Å². The molecule has 0 aliphatic carbocycles. The summed E-state index contributed by atoms with van der Waals surface area (Å²) in [6.07, 6.45) is -3.50. The Labute approximate surface area is 224 Å². The molecule has 0 bridgehead atoms. The van der Waals surface area contributed by atoms with E-state index in [0.29, 0.717) is 49.8 Å². The van der Waals surface area contributed by atoms with Crippen molar-refractivity contribution in [2.24, 2.45) is 10.9 Å². The van der Waals surface area contributed by atoms with E-state index in [-0.39, 0.29) is 25.1 Å². The summed E-state index contributed by atoms with van der Waals surface area (Å²) < 4.78 is 92.6. The van der Waals surface area contributed by atoms with Gasteiger partial charge in [0.05, 0.1) is 22.9 Å². The number of ether oxygens (including phenoxy) is 1. The average Bonchev–Trinajstić information content (AvgIpc) is 3.35. The maximum absolute atomic E-state index is 13.0. The molecule has 1 fully saturated rings. The first kappa shape index (κ1) is 29.9. The van der Waals surface area contributed by atoms with Crippen molar-refractivity contribution in [3.63, 3.8) is 0 Å². The molecule has 1 saturated heterocycles. The number of amides is 2. The molecule has 0 atom stereocenters. The van der Waals surface area contributed by atoms with Gasteiger partial charge in [-0.3, -0.25) is 4.99 Å². The van der Waals surface area contributed by atoms with Gasteiger partial charge in [-0.15, -0.1) is 4.37 Å². The molecule has 0 radical (unpaired) electrons. The summed E-state index contributed by atoms with van der Waals surface area (Å²) in [7, 11) is 0. The number of carbonyl (C=O) groups excluding carboxylic acids is 1. The van der Waals surface area contributed by atoms with E-state index in [9.17, 15) is 31.1 Å². The van der Waals surface area contributed by atoms with Crippen LogP contribution in [0.2, 0.25) is 0 Å². The van der Waals surface area contributed by atoms with Gasteiger partial charge in [0, 0.05) is 31.5 Å². The Morgan fingerprint density at radius 3 is 2.36 bits per heavy atom. The number of benzene rings is 1. The fraction of sp³-hybridized carbons (Fsp3) is 0.417. The van der Waals surface area contributed by atoms with Gasteiger partial charge in [0.1, 0.15) is 6.61 Å². The van der Waals surface area contributed by atoms with Gasteiger partial charge in [-0.2, -0.15) is 30.7 Å². The second-order valence-electron chi connectivity index (χ2n) is 8.60. The SMILES string of the molecule is C=N/C=C\C(=C/C)COc1nsnc1N1CCC(CNC(=O)Nc2cc(C(F)(F)F)cc(C(F)(F)F)c2)CC1. The number of aromatic nitrogens is 2. The predicted octanol–water partition coefficient (Wildman–Crippen LogP) is 6.15. The van der Waals surface area contributed by atoms with Gasteiger partial charge < -0.3 is 20.3 Å². The smallest absolute Gasteiger partial charge is 0.416 e. The third kappa shape index (κ3) is 8.70. The number of alkyl halides is 6. The van der Waals surface area contributed by atoms with E-state index in [2.05, 4.69) is 31.1 Å². The number of rotatable bonds is 9. The maximum Gasteiger partial charge on any atom is 0.416 e. The van der Waals surface area contributed by atoms with Gasteiger partial charge in [0.2, 0.25) is 5.82 Å². The highest BCUT2D eigenvalue weighted by Crippen LogP contribution is 2.37. The van der Waals surface area contributed by atoms with Crippen molar-refractivity contribution in [2.75, 3.05) is 36.5 Å². The van der Waals surface area contributed by atoms with Crippen LogP contribution in [-0.2, 0) is 12.4 Å². The van der Waals surface area contributed by atoms with E-state index in [4.69, 9.17) is 4.74 Å². The second-order valence-corrected chi connectivity index (χ2v) is 9.13. The van der Waals surface area contributed by atoms with Gasteiger partial charge in [-0.25, -0.2) is 4.79 Å². The van der Waals surface area contributed by atoms with E-state index in [1.165, 1.54) is 0 Å². The second kappa shape index (κ2) is 13.0. The molecule has 0 spiro atoms. The van der Waals surface area contributed by atoms with Crippen molar-refractivity contribution < 1.29 is 35.9 Å². The number of carbonyl (C=O) groups is 1. The molecule has 2 N–H and O–H groups in total. The summed E-state index contributed by atoms with van der Waals surface area (Å²) >= 11 is 1.02. The summed E-state index contributed by atoms with van der Waals surface area (Å²) in [6.45, 7) is 6.90. The number of urea groups is 1. The van der Waals surface area contributed by atoms with Crippen LogP contribution in [0.15, 0.2) is 47.1 Å². The van der Waals surface area contributed by atoms with Gasteiger partial charge in [0.25, 0.3) is 5.88 Å². The van der Waals surface area contributed by atoms with E-state index in [1.807, 2.05) is 17.9 Å². The van der Waals surface area contributed by atoms with Crippen LogP contribution in [0, 0.1) is 5.92 Å². The molecule has 2 heterocycles. The topological polar surface area (TPSA) is 91.7 Å². The van der Waals surface area contributed by atoms with E-state index >= 15 is 0 Å². The molecule has 2 aromatic rings. The lowest BCUT2D eigenvalue weighted by Crippen LogP contribution is -2.40. The van der Waals surface area contributed by atoms with Crippen molar-refractivity contribution in [1.82, 2.24) is 14.1 Å². The third-order valence-electron chi connectivity index (χ3n) is 5.89. The van der Waals surface area contributed by atoms with Crippen molar-refractivity contribution >= 4 is 36.0 Å². The minimum Gasteiger partial charge on any atom is -0.470 e. The van der Waals surface area contributed by atoms with Crippen LogP contribution in [0.25, 0.3) is 0 Å². The zero-order valence-electron chi connectivity index (χ0n) is 20.8. The molecule has 1 aromatic carbocycles. The first-order valence-electron chi connectivity index (χ1n) is 11.7. The number of nitrogens with zero attached hydrogens (tertiary/aromatic N) is 4. The Morgan fingerprint density at radius 2 is 1.79 bits per heavy atom. The third-order valence-corrected chi connectivity index (χ3v) is 6.40. The molecule has 8 nitrogen and oxygen atoms in total. The first-order chi connectivity index (χ1) is 18.4. The Morgan fingerprint density at radius 1 is 1.15 bits per heavy atom. The quantitative estimate of drug-likeness (QED) is 0.212. The van der Waals surface area contributed by atoms with Crippen LogP contribution >= 0.6 is 11.7 Å². The van der Waals surface area contributed by atoms with E-state index in [0.717, 1.165) is 17.3 Å².